The second-order valence-corrected chi connectivity index (χ2v) is 9.19. The molecular weight excluding hydrogens is 475 g/mol. The van der Waals surface area contributed by atoms with Gasteiger partial charge in [-0.2, -0.15) is 13.2 Å². The highest BCUT2D eigenvalue weighted by atomic mass is 32.2. The number of anilines is 1. The van der Waals surface area contributed by atoms with Gasteiger partial charge in [-0.15, -0.1) is 0 Å². The average Bonchev–Trinajstić information content (AvgIpc) is 2.80. The number of alkyl halides is 3. The standard InChI is InChI=1S/C27H28F3NO3S/c1-5-33-26(32)16-34-23-13-19(4)25(14-17(23)2)35-24-11-6-20(12-18(24)3)15-31-22-9-7-21(8-10-22)27(28,29)30/h6-14,31H,5,15-16H2,1-4H3. The molecule has 35 heavy (non-hydrogen) atoms. The monoisotopic (exact) mass is 503 g/mol. The van der Waals surface area contributed by atoms with Gasteiger partial charge in [0.15, 0.2) is 6.61 Å². The predicted molar refractivity (Wildman–Crippen MR) is 132 cm³/mol. The quantitative estimate of drug-likeness (QED) is 0.310. The van der Waals surface area contributed by atoms with E-state index in [1.807, 2.05) is 45.0 Å². The van der Waals surface area contributed by atoms with Crippen LogP contribution in [-0.4, -0.2) is 19.2 Å². The summed E-state index contributed by atoms with van der Waals surface area (Å²) < 4.78 is 48.7. The lowest BCUT2D eigenvalue weighted by molar-refractivity contribution is -0.145. The van der Waals surface area contributed by atoms with Gasteiger partial charge in [0.05, 0.1) is 12.2 Å². The number of halogens is 3. The van der Waals surface area contributed by atoms with E-state index in [2.05, 4.69) is 11.4 Å². The summed E-state index contributed by atoms with van der Waals surface area (Å²) in [6.07, 6.45) is -4.34. The van der Waals surface area contributed by atoms with Gasteiger partial charge in [0, 0.05) is 22.0 Å². The van der Waals surface area contributed by atoms with E-state index in [4.69, 9.17) is 9.47 Å². The first-order valence-electron chi connectivity index (χ1n) is 11.1. The van der Waals surface area contributed by atoms with Crippen LogP contribution in [0.3, 0.4) is 0 Å². The Bertz CT molecular complexity index is 1180. The van der Waals surface area contributed by atoms with Crippen LogP contribution in [0, 0.1) is 20.8 Å². The summed E-state index contributed by atoms with van der Waals surface area (Å²) in [7, 11) is 0. The van der Waals surface area contributed by atoms with Gasteiger partial charge in [0.1, 0.15) is 5.75 Å². The molecule has 0 aliphatic rings. The molecule has 0 radical (unpaired) electrons. The van der Waals surface area contributed by atoms with Crippen LogP contribution in [0.15, 0.2) is 64.4 Å². The molecular formula is C27H28F3NO3S. The smallest absolute Gasteiger partial charge is 0.416 e. The molecule has 3 aromatic rings. The van der Waals surface area contributed by atoms with E-state index in [0.717, 1.165) is 44.2 Å². The number of rotatable bonds is 9. The molecule has 0 saturated carbocycles. The number of esters is 1. The number of aryl methyl sites for hydroxylation is 3. The third kappa shape index (κ3) is 7.42. The maximum atomic E-state index is 12.7. The first-order valence-corrected chi connectivity index (χ1v) is 12.0. The van der Waals surface area contributed by atoms with E-state index in [1.165, 1.54) is 12.1 Å². The Hall–Kier alpha value is -3.13. The van der Waals surface area contributed by atoms with Crippen LogP contribution in [0.1, 0.15) is 34.7 Å². The van der Waals surface area contributed by atoms with Gasteiger partial charge in [-0.3, -0.25) is 0 Å². The Morgan fingerprint density at radius 1 is 0.914 bits per heavy atom. The van der Waals surface area contributed by atoms with Crippen LogP contribution in [-0.2, 0) is 22.3 Å². The third-order valence-corrected chi connectivity index (χ3v) is 6.63. The number of carbonyl (C=O) groups is 1. The molecule has 0 fully saturated rings. The average molecular weight is 504 g/mol. The minimum atomic E-state index is -4.34. The lowest BCUT2D eigenvalue weighted by Crippen LogP contribution is -2.15. The Morgan fingerprint density at radius 2 is 1.60 bits per heavy atom. The van der Waals surface area contributed by atoms with Crippen molar-refractivity contribution in [3.63, 3.8) is 0 Å². The van der Waals surface area contributed by atoms with Gasteiger partial charge in [0.25, 0.3) is 0 Å². The predicted octanol–water partition coefficient (Wildman–Crippen LogP) is 7.34. The van der Waals surface area contributed by atoms with E-state index in [1.54, 1.807) is 18.7 Å². The zero-order valence-corrected chi connectivity index (χ0v) is 20.9. The lowest BCUT2D eigenvalue weighted by atomic mass is 10.1. The maximum absolute atomic E-state index is 12.7. The molecule has 0 aliphatic heterocycles. The fourth-order valence-corrected chi connectivity index (χ4v) is 4.45. The van der Waals surface area contributed by atoms with Crippen LogP contribution in [0.2, 0.25) is 0 Å². The molecule has 0 amide bonds. The summed E-state index contributed by atoms with van der Waals surface area (Å²) in [6, 6.07) is 15.1. The molecule has 0 aromatic heterocycles. The molecule has 3 aromatic carbocycles. The largest absolute Gasteiger partial charge is 0.482 e. The molecule has 4 nitrogen and oxygen atoms in total. The summed E-state index contributed by atoms with van der Waals surface area (Å²) >= 11 is 1.65. The van der Waals surface area contributed by atoms with Crippen molar-refractivity contribution in [3.8, 4) is 5.75 Å². The molecule has 0 spiro atoms. The Labute approximate surface area is 207 Å². The summed E-state index contributed by atoms with van der Waals surface area (Å²) in [5.74, 6) is 0.257. The van der Waals surface area contributed by atoms with Crippen LogP contribution >= 0.6 is 11.8 Å². The number of hydrogen-bond donors (Lipinski definition) is 1. The second-order valence-electron chi connectivity index (χ2n) is 8.11. The highest BCUT2D eigenvalue weighted by Crippen LogP contribution is 2.36. The normalized spacial score (nSPS) is 11.3. The van der Waals surface area contributed by atoms with E-state index >= 15 is 0 Å². The van der Waals surface area contributed by atoms with Gasteiger partial charge in [-0.05, 0) is 92.4 Å². The minimum Gasteiger partial charge on any atom is -0.482 e. The first-order chi connectivity index (χ1) is 16.6. The van der Waals surface area contributed by atoms with Crippen molar-refractivity contribution >= 4 is 23.4 Å². The van der Waals surface area contributed by atoms with Crippen LogP contribution < -0.4 is 10.1 Å². The van der Waals surface area contributed by atoms with Crippen LogP contribution in [0.4, 0.5) is 18.9 Å². The lowest BCUT2D eigenvalue weighted by Gasteiger charge is -2.15. The highest BCUT2D eigenvalue weighted by Gasteiger charge is 2.29. The van der Waals surface area contributed by atoms with E-state index in [9.17, 15) is 18.0 Å². The van der Waals surface area contributed by atoms with Gasteiger partial charge < -0.3 is 14.8 Å². The number of carbonyl (C=O) groups excluding carboxylic acids is 1. The Kier molecular flexibility index (Phi) is 8.72. The molecule has 8 heteroatoms. The molecule has 0 atom stereocenters. The molecule has 0 unspecified atom stereocenters. The fraction of sp³-hybridized carbons (Fsp3) is 0.296. The van der Waals surface area contributed by atoms with Crippen molar-refractivity contribution in [1.82, 2.24) is 0 Å². The van der Waals surface area contributed by atoms with Crippen molar-refractivity contribution in [2.45, 2.75) is 50.2 Å². The van der Waals surface area contributed by atoms with Gasteiger partial charge in [0.2, 0.25) is 0 Å². The first kappa shape index (κ1) is 26.5. The van der Waals surface area contributed by atoms with E-state index in [0.29, 0.717) is 24.6 Å². The van der Waals surface area contributed by atoms with Gasteiger partial charge >= 0.3 is 12.1 Å². The number of ether oxygens (including phenoxy) is 2. The summed E-state index contributed by atoms with van der Waals surface area (Å²) in [5.41, 5.74) is 4.06. The molecule has 0 saturated heterocycles. The minimum absolute atomic E-state index is 0.123. The molecule has 0 heterocycles. The molecule has 3 rings (SSSR count). The second kappa shape index (κ2) is 11.5. The number of benzene rings is 3. The highest BCUT2D eigenvalue weighted by molar-refractivity contribution is 7.99. The van der Waals surface area contributed by atoms with Crippen molar-refractivity contribution in [1.29, 1.82) is 0 Å². The number of nitrogens with one attached hydrogen (secondary N) is 1. The van der Waals surface area contributed by atoms with Gasteiger partial charge in [-0.1, -0.05) is 23.9 Å². The van der Waals surface area contributed by atoms with Crippen molar-refractivity contribution in [2.24, 2.45) is 0 Å². The summed E-state index contributed by atoms with van der Waals surface area (Å²) in [5, 5.41) is 3.17. The van der Waals surface area contributed by atoms with Crippen molar-refractivity contribution in [3.05, 3.63) is 82.4 Å². The maximum Gasteiger partial charge on any atom is 0.416 e. The third-order valence-electron chi connectivity index (χ3n) is 5.29. The Morgan fingerprint density at radius 3 is 2.23 bits per heavy atom. The van der Waals surface area contributed by atoms with Gasteiger partial charge in [-0.25, -0.2) is 4.79 Å². The van der Waals surface area contributed by atoms with E-state index in [-0.39, 0.29) is 6.61 Å². The fourth-order valence-electron chi connectivity index (χ4n) is 3.40. The van der Waals surface area contributed by atoms with Crippen molar-refractivity contribution < 1.29 is 27.4 Å². The topological polar surface area (TPSA) is 47.6 Å². The summed E-state index contributed by atoms with van der Waals surface area (Å²) in [6.45, 7) is 8.42. The molecule has 0 aliphatic carbocycles. The number of hydrogen-bond acceptors (Lipinski definition) is 5. The Balaban J connectivity index is 1.63. The van der Waals surface area contributed by atoms with Crippen LogP contribution in [0.5, 0.6) is 5.75 Å². The summed E-state index contributed by atoms with van der Waals surface area (Å²) in [4.78, 5) is 13.8. The SMILES string of the molecule is CCOC(=O)COc1cc(C)c(Sc2ccc(CNc3ccc(C(F)(F)F)cc3)cc2C)cc1C. The molecule has 186 valence electrons. The molecule has 1 N–H and O–H groups in total. The zero-order valence-electron chi connectivity index (χ0n) is 20.1. The van der Waals surface area contributed by atoms with Crippen molar-refractivity contribution in [2.75, 3.05) is 18.5 Å². The van der Waals surface area contributed by atoms with Crippen LogP contribution in [0.25, 0.3) is 0 Å². The van der Waals surface area contributed by atoms with E-state index < -0.39 is 17.7 Å². The zero-order chi connectivity index (χ0) is 25.6. The molecule has 0 bridgehead atoms.